The van der Waals surface area contributed by atoms with Gasteiger partial charge in [0.2, 0.25) is 0 Å². The van der Waals surface area contributed by atoms with Gasteiger partial charge in [0.1, 0.15) is 0 Å². The number of rotatable bonds is 0. The van der Waals surface area contributed by atoms with Crippen LogP contribution in [0, 0.1) is 17.7 Å². The number of esters is 1. The van der Waals surface area contributed by atoms with Gasteiger partial charge in [-0.3, -0.25) is 0 Å². The van der Waals surface area contributed by atoms with Crippen LogP contribution in [-0.4, -0.2) is 18.1 Å². The summed E-state index contributed by atoms with van der Waals surface area (Å²) in [5, 5.41) is -0.337. The van der Waals surface area contributed by atoms with E-state index >= 15 is 0 Å². The third kappa shape index (κ3) is 2.58. The Hall–Kier alpha value is -1.80. The molecule has 1 aromatic rings. The van der Waals surface area contributed by atoms with Gasteiger partial charge in [-0.25, -0.2) is 14.2 Å². The predicted molar refractivity (Wildman–Crippen MR) is 52.5 cm³/mol. The Balaban J connectivity index is 3.10. The van der Waals surface area contributed by atoms with E-state index in [1.165, 1.54) is 13.3 Å². The minimum absolute atomic E-state index is 0.0855. The molecule has 1 aromatic heterocycles. The Labute approximate surface area is 90.2 Å². The molecule has 0 radical (unpaired) electrons. The zero-order chi connectivity index (χ0) is 11.4. The largest absolute Gasteiger partial charge is 0.459 e. The molecule has 0 aliphatic heterocycles. The van der Waals surface area contributed by atoms with Crippen molar-refractivity contribution in [3.05, 3.63) is 22.7 Å². The fourth-order valence-corrected chi connectivity index (χ4v) is 0.896. The molecule has 0 fully saturated rings. The monoisotopic (exact) mass is 228 g/mol. The van der Waals surface area contributed by atoms with Crippen molar-refractivity contribution in [3.8, 4) is 11.8 Å². The summed E-state index contributed by atoms with van der Waals surface area (Å²) in [6.45, 7) is 0. The molecule has 1 heterocycles. The van der Waals surface area contributed by atoms with Crippen LogP contribution in [0.2, 0.25) is 5.15 Å². The van der Waals surface area contributed by atoms with Crippen LogP contribution in [0.1, 0.15) is 5.56 Å². The number of methoxy groups -OCH3 is 1. The molecule has 0 bridgehead atoms. The van der Waals surface area contributed by atoms with Crippen molar-refractivity contribution < 1.29 is 13.9 Å². The Morgan fingerprint density at radius 2 is 2.40 bits per heavy atom. The number of anilines is 1. The number of pyridine rings is 1. The van der Waals surface area contributed by atoms with Gasteiger partial charge in [-0.2, -0.15) is 0 Å². The zero-order valence-electron chi connectivity index (χ0n) is 7.67. The van der Waals surface area contributed by atoms with Crippen LogP contribution in [0.15, 0.2) is 6.20 Å². The number of ether oxygens (including phenoxy) is 1. The van der Waals surface area contributed by atoms with Gasteiger partial charge in [-0.05, 0) is 0 Å². The molecule has 6 heteroatoms. The van der Waals surface area contributed by atoms with E-state index in [1.807, 2.05) is 0 Å². The van der Waals surface area contributed by atoms with Gasteiger partial charge in [0.15, 0.2) is 11.0 Å². The van der Waals surface area contributed by atoms with Gasteiger partial charge in [-0.15, -0.1) is 0 Å². The second-order valence-electron chi connectivity index (χ2n) is 2.43. The standard InChI is InChI=1S/C9H6ClFN2O2/c1-15-6(14)3-2-5-4-13-9(10)7(11)8(5)12/h4H,1H3,(H2,12,13). The fourth-order valence-electron chi connectivity index (χ4n) is 0.746. The number of carbonyl (C=O) groups is 1. The summed E-state index contributed by atoms with van der Waals surface area (Å²) in [6, 6.07) is 0. The first-order valence-electron chi connectivity index (χ1n) is 3.75. The third-order valence-electron chi connectivity index (χ3n) is 1.50. The summed E-state index contributed by atoms with van der Waals surface area (Å²) in [5.74, 6) is 2.82. The van der Waals surface area contributed by atoms with Crippen molar-refractivity contribution >= 4 is 23.3 Å². The van der Waals surface area contributed by atoms with Crippen LogP contribution < -0.4 is 5.73 Å². The van der Waals surface area contributed by atoms with Gasteiger partial charge in [-0.1, -0.05) is 17.5 Å². The van der Waals surface area contributed by atoms with Crippen LogP contribution in [0.25, 0.3) is 0 Å². The predicted octanol–water partition coefficient (Wildman–Crippen LogP) is 0.981. The third-order valence-corrected chi connectivity index (χ3v) is 1.76. The van der Waals surface area contributed by atoms with E-state index in [2.05, 4.69) is 21.6 Å². The van der Waals surface area contributed by atoms with Crippen molar-refractivity contribution in [1.29, 1.82) is 0 Å². The van der Waals surface area contributed by atoms with E-state index in [9.17, 15) is 9.18 Å². The lowest BCUT2D eigenvalue weighted by atomic mass is 10.2. The first kappa shape index (κ1) is 11.3. The Kier molecular flexibility index (Phi) is 3.47. The number of carbonyl (C=O) groups excluding carboxylic acids is 1. The number of hydrogen-bond acceptors (Lipinski definition) is 4. The van der Waals surface area contributed by atoms with Crippen LogP contribution in [0.3, 0.4) is 0 Å². The normalized spacial score (nSPS) is 9.00. The van der Waals surface area contributed by atoms with Crippen LogP contribution >= 0.6 is 11.6 Å². The first-order chi connectivity index (χ1) is 7.06. The maximum Gasteiger partial charge on any atom is 0.384 e. The molecular formula is C9H6ClFN2O2. The molecule has 1 rings (SSSR count). The SMILES string of the molecule is COC(=O)C#Cc1cnc(Cl)c(F)c1N. The molecule has 2 N–H and O–H groups in total. The van der Waals surface area contributed by atoms with E-state index in [4.69, 9.17) is 17.3 Å². The van der Waals surface area contributed by atoms with Crippen LogP contribution in [0.5, 0.6) is 0 Å². The lowest BCUT2D eigenvalue weighted by Gasteiger charge is -1.99. The molecule has 0 unspecified atom stereocenters. The highest BCUT2D eigenvalue weighted by Crippen LogP contribution is 2.20. The van der Waals surface area contributed by atoms with Gasteiger partial charge in [0.05, 0.1) is 18.4 Å². The van der Waals surface area contributed by atoms with Gasteiger partial charge < -0.3 is 10.5 Å². The molecule has 0 aromatic carbocycles. The smallest absolute Gasteiger partial charge is 0.384 e. The van der Waals surface area contributed by atoms with Gasteiger partial charge >= 0.3 is 5.97 Å². The van der Waals surface area contributed by atoms with Crippen molar-refractivity contribution in [2.45, 2.75) is 0 Å². The van der Waals surface area contributed by atoms with E-state index in [1.54, 1.807) is 0 Å². The minimum atomic E-state index is -0.853. The number of nitrogens with two attached hydrogens (primary N) is 1. The molecule has 0 aliphatic rings. The molecule has 15 heavy (non-hydrogen) atoms. The average molecular weight is 229 g/mol. The number of hydrogen-bond donors (Lipinski definition) is 1. The van der Waals surface area contributed by atoms with Crippen molar-refractivity contribution in [2.24, 2.45) is 0 Å². The lowest BCUT2D eigenvalue weighted by Crippen LogP contribution is -1.99. The van der Waals surface area contributed by atoms with Crippen LogP contribution in [-0.2, 0) is 9.53 Å². The topological polar surface area (TPSA) is 65.2 Å². The molecule has 0 saturated heterocycles. The second kappa shape index (κ2) is 4.62. The number of aromatic nitrogens is 1. The van der Waals surface area contributed by atoms with Crippen molar-refractivity contribution in [1.82, 2.24) is 4.98 Å². The highest BCUT2D eigenvalue weighted by Gasteiger charge is 2.08. The Bertz CT molecular complexity index is 465. The summed E-state index contributed by atoms with van der Waals surface area (Å²) < 4.78 is 17.4. The quantitative estimate of drug-likeness (QED) is 0.408. The molecular weight excluding hydrogens is 223 g/mol. The maximum absolute atomic E-state index is 13.1. The molecule has 0 atom stereocenters. The molecule has 78 valence electrons. The average Bonchev–Trinajstić information content (AvgIpc) is 2.24. The van der Waals surface area contributed by atoms with Crippen molar-refractivity contribution in [2.75, 3.05) is 12.8 Å². The fraction of sp³-hybridized carbons (Fsp3) is 0.111. The number of nitrogens with zero attached hydrogens (tertiary/aromatic N) is 1. The highest BCUT2D eigenvalue weighted by atomic mass is 35.5. The number of nitrogen functional groups attached to an aromatic ring is 1. The molecule has 0 spiro atoms. The van der Waals surface area contributed by atoms with Gasteiger partial charge in [0, 0.05) is 12.1 Å². The Morgan fingerprint density at radius 1 is 1.73 bits per heavy atom. The van der Waals surface area contributed by atoms with E-state index in [-0.39, 0.29) is 16.4 Å². The van der Waals surface area contributed by atoms with Gasteiger partial charge in [0.25, 0.3) is 0 Å². The summed E-state index contributed by atoms with van der Waals surface area (Å²) >= 11 is 5.37. The summed E-state index contributed by atoms with van der Waals surface area (Å²) in [6.07, 6.45) is 1.18. The molecule has 0 saturated carbocycles. The summed E-state index contributed by atoms with van der Waals surface area (Å²) in [7, 11) is 1.18. The Morgan fingerprint density at radius 3 is 3.00 bits per heavy atom. The van der Waals surface area contributed by atoms with Crippen LogP contribution in [0.4, 0.5) is 10.1 Å². The zero-order valence-corrected chi connectivity index (χ0v) is 8.43. The highest BCUT2D eigenvalue weighted by molar-refractivity contribution is 6.29. The minimum Gasteiger partial charge on any atom is -0.459 e. The first-order valence-corrected chi connectivity index (χ1v) is 4.13. The van der Waals surface area contributed by atoms with E-state index in [0.717, 1.165) is 0 Å². The number of halogens is 2. The summed E-state index contributed by atoms with van der Waals surface area (Å²) in [4.78, 5) is 14.2. The van der Waals surface area contributed by atoms with E-state index in [0.29, 0.717) is 0 Å². The molecule has 0 aliphatic carbocycles. The maximum atomic E-state index is 13.1. The van der Waals surface area contributed by atoms with Crippen molar-refractivity contribution in [3.63, 3.8) is 0 Å². The van der Waals surface area contributed by atoms with E-state index < -0.39 is 11.8 Å². The summed E-state index contributed by atoms with van der Waals surface area (Å²) in [5.41, 5.74) is 5.20. The second-order valence-corrected chi connectivity index (χ2v) is 2.79. The molecule has 0 amide bonds. The lowest BCUT2D eigenvalue weighted by molar-refractivity contribution is -0.133. The molecule has 4 nitrogen and oxygen atoms in total.